The van der Waals surface area contributed by atoms with E-state index in [2.05, 4.69) is 20.7 Å². The molecule has 0 aliphatic rings. The van der Waals surface area contributed by atoms with Crippen molar-refractivity contribution in [2.45, 2.75) is 11.4 Å². The van der Waals surface area contributed by atoms with E-state index in [1.165, 1.54) is 11.3 Å². The molecule has 4 nitrogen and oxygen atoms in total. The normalized spacial score (nSPS) is 11.8. The van der Waals surface area contributed by atoms with Gasteiger partial charge in [-0.3, -0.25) is 0 Å². The van der Waals surface area contributed by atoms with Crippen molar-refractivity contribution in [3.8, 4) is 0 Å². The van der Waals surface area contributed by atoms with Crippen molar-refractivity contribution in [2.24, 2.45) is 0 Å². The van der Waals surface area contributed by atoms with Crippen molar-refractivity contribution in [1.82, 2.24) is 4.72 Å². The first-order chi connectivity index (χ1) is 9.31. The number of nitrogens with one attached hydrogen (secondary N) is 1. The van der Waals surface area contributed by atoms with Gasteiger partial charge in [-0.1, -0.05) is 11.6 Å². The maximum atomic E-state index is 13.8. The van der Waals surface area contributed by atoms with Gasteiger partial charge in [-0.05, 0) is 39.5 Å². The molecular formula is C11H9BrClFN2O2S2. The predicted molar refractivity (Wildman–Crippen MR) is 81.9 cm³/mol. The molecular weight excluding hydrogens is 391 g/mol. The molecule has 1 aromatic carbocycles. The smallest absolute Gasteiger partial charge is 0.243 e. The molecule has 1 heterocycles. The van der Waals surface area contributed by atoms with Crippen LogP contribution in [-0.4, -0.2) is 8.42 Å². The fraction of sp³-hybridized carbons (Fsp3) is 0.0909. The van der Waals surface area contributed by atoms with Crippen LogP contribution in [0.2, 0.25) is 5.02 Å². The van der Waals surface area contributed by atoms with E-state index in [9.17, 15) is 12.8 Å². The minimum absolute atomic E-state index is 0.0481. The molecule has 108 valence electrons. The SMILES string of the molecule is Nc1cc(Cl)cc(S(=O)(=O)NCc2sccc2Br)c1F. The summed E-state index contributed by atoms with van der Waals surface area (Å²) in [4.78, 5) is 0.221. The van der Waals surface area contributed by atoms with E-state index in [4.69, 9.17) is 17.3 Å². The van der Waals surface area contributed by atoms with Gasteiger partial charge >= 0.3 is 0 Å². The van der Waals surface area contributed by atoms with Crippen molar-refractivity contribution in [3.63, 3.8) is 0 Å². The first kappa shape index (κ1) is 15.7. The van der Waals surface area contributed by atoms with Crippen LogP contribution >= 0.6 is 38.9 Å². The van der Waals surface area contributed by atoms with E-state index < -0.39 is 20.7 Å². The van der Waals surface area contributed by atoms with Crippen molar-refractivity contribution in [2.75, 3.05) is 5.73 Å². The summed E-state index contributed by atoms with van der Waals surface area (Å²) >= 11 is 10.4. The molecule has 0 spiro atoms. The lowest BCUT2D eigenvalue weighted by Gasteiger charge is -2.09. The third-order valence-corrected chi connectivity index (χ3v) is 5.98. The van der Waals surface area contributed by atoms with Gasteiger partial charge in [0.25, 0.3) is 0 Å². The minimum atomic E-state index is -4.03. The van der Waals surface area contributed by atoms with Crippen LogP contribution < -0.4 is 10.5 Å². The van der Waals surface area contributed by atoms with Gasteiger partial charge in [0.15, 0.2) is 5.82 Å². The number of rotatable bonds is 4. The standard InChI is InChI=1S/C11H9BrClFN2O2S2/c12-7-1-2-19-9(7)5-16-20(17,18)10-4-6(13)3-8(15)11(10)14/h1-4,16H,5,15H2. The molecule has 0 bridgehead atoms. The third kappa shape index (κ3) is 3.32. The van der Waals surface area contributed by atoms with Crippen LogP contribution in [0.4, 0.5) is 10.1 Å². The summed E-state index contributed by atoms with van der Waals surface area (Å²) in [6.45, 7) is 0.0481. The van der Waals surface area contributed by atoms with Crippen LogP contribution in [0.3, 0.4) is 0 Å². The van der Waals surface area contributed by atoms with Crippen molar-refractivity contribution in [1.29, 1.82) is 0 Å². The number of sulfonamides is 1. The summed E-state index contributed by atoms with van der Waals surface area (Å²) in [5, 5.41) is 1.87. The number of hydrogen-bond acceptors (Lipinski definition) is 4. The monoisotopic (exact) mass is 398 g/mol. The van der Waals surface area contributed by atoms with E-state index in [1.54, 1.807) is 6.07 Å². The number of benzene rings is 1. The Bertz CT molecular complexity index is 749. The quantitative estimate of drug-likeness (QED) is 0.774. The summed E-state index contributed by atoms with van der Waals surface area (Å²) in [6, 6.07) is 3.98. The lowest BCUT2D eigenvalue weighted by atomic mass is 10.3. The van der Waals surface area contributed by atoms with Crippen LogP contribution in [0.1, 0.15) is 4.88 Å². The lowest BCUT2D eigenvalue weighted by Crippen LogP contribution is -2.24. The fourth-order valence-electron chi connectivity index (χ4n) is 1.47. The molecule has 0 saturated heterocycles. The molecule has 0 amide bonds. The van der Waals surface area contributed by atoms with Gasteiger partial charge in [0.2, 0.25) is 10.0 Å². The Morgan fingerprint density at radius 2 is 2.15 bits per heavy atom. The number of hydrogen-bond donors (Lipinski definition) is 2. The predicted octanol–water partition coefficient (Wildman–Crippen LogP) is 3.36. The van der Waals surface area contributed by atoms with E-state index >= 15 is 0 Å². The summed E-state index contributed by atoms with van der Waals surface area (Å²) in [5.41, 5.74) is 5.07. The van der Waals surface area contributed by atoms with Gasteiger partial charge in [-0.2, -0.15) is 0 Å². The molecule has 0 atom stereocenters. The second-order valence-corrected chi connectivity index (χ2v) is 7.85. The second-order valence-electron chi connectivity index (χ2n) is 3.82. The van der Waals surface area contributed by atoms with Crippen molar-refractivity contribution in [3.05, 3.63) is 43.8 Å². The molecule has 9 heteroatoms. The van der Waals surface area contributed by atoms with Gasteiger partial charge in [-0.15, -0.1) is 11.3 Å². The Kier molecular flexibility index (Phi) is 4.70. The van der Waals surface area contributed by atoms with E-state index in [0.717, 1.165) is 21.5 Å². The zero-order valence-corrected chi connectivity index (χ0v) is 13.8. The summed E-state index contributed by atoms with van der Waals surface area (Å²) in [5.74, 6) is -1.01. The first-order valence-electron chi connectivity index (χ1n) is 5.27. The van der Waals surface area contributed by atoms with Gasteiger partial charge < -0.3 is 5.73 Å². The maximum Gasteiger partial charge on any atom is 0.243 e. The van der Waals surface area contributed by atoms with Gasteiger partial charge in [-0.25, -0.2) is 17.5 Å². The summed E-state index contributed by atoms with van der Waals surface area (Å²) in [7, 11) is -4.03. The van der Waals surface area contributed by atoms with E-state index in [0.29, 0.717) is 0 Å². The zero-order chi connectivity index (χ0) is 14.9. The summed E-state index contributed by atoms with van der Waals surface area (Å²) in [6.07, 6.45) is 0. The zero-order valence-electron chi connectivity index (χ0n) is 9.86. The third-order valence-electron chi connectivity index (χ3n) is 2.44. The van der Waals surface area contributed by atoms with Gasteiger partial charge in [0, 0.05) is 20.9 Å². The average molecular weight is 400 g/mol. The van der Waals surface area contributed by atoms with E-state index in [-0.39, 0.29) is 17.3 Å². The number of nitrogen functional groups attached to an aromatic ring is 1. The maximum absolute atomic E-state index is 13.8. The van der Waals surface area contributed by atoms with Crippen LogP contribution in [0.15, 0.2) is 32.9 Å². The Hall–Kier alpha value is -0.670. The number of halogens is 3. The molecule has 0 saturated carbocycles. The molecule has 1 aromatic heterocycles. The minimum Gasteiger partial charge on any atom is -0.396 e. The van der Waals surface area contributed by atoms with Crippen molar-refractivity contribution < 1.29 is 12.8 Å². The highest BCUT2D eigenvalue weighted by atomic mass is 79.9. The Morgan fingerprint density at radius 1 is 1.45 bits per heavy atom. The molecule has 20 heavy (non-hydrogen) atoms. The molecule has 0 aliphatic heterocycles. The number of anilines is 1. The van der Waals surface area contributed by atoms with Crippen LogP contribution in [0, 0.1) is 5.82 Å². The van der Waals surface area contributed by atoms with Crippen LogP contribution in [0.5, 0.6) is 0 Å². The Labute approximate surface area is 132 Å². The molecule has 2 rings (SSSR count). The van der Waals surface area contributed by atoms with Crippen LogP contribution in [0.25, 0.3) is 0 Å². The molecule has 0 unspecified atom stereocenters. The van der Waals surface area contributed by atoms with Gasteiger partial charge in [0.05, 0.1) is 5.69 Å². The Balaban J connectivity index is 2.29. The summed E-state index contributed by atoms with van der Waals surface area (Å²) < 4.78 is 41.1. The molecule has 2 aromatic rings. The molecule has 0 aliphatic carbocycles. The largest absolute Gasteiger partial charge is 0.396 e. The van der Waals surface area contributed by atoms with Crippen molar-refractivity contribution >= 4 is 54.6 Å². The molecule has 0 radical (unpaired) electrons. The number of nitrogens with two attached hydrogens (primary N) is 1. The highest BCUT2D eigenvalue weighted by Crippen LogP contribution is 2.26. The number of thiophene rings is 1. The average Bonchev–Trinajstić information content (AvgIpc) is 2.77. The molecule has 0 fully saturated rings. The molecule has 3 N–H and O–H groups in total. The topological polar surface area (TPSA) is 72.2 Å². The van der Waals surface area contributed by atoms with E-state index in [1.807, 2.05) is 5.38 Å². The van der Waals surface area contributed by atoms with Gasteiger partial charge in [0.1, 0.15) is 4.90 Å². The fourth-order valence-corrected chi connectivity index (χ4v) is 4.41. The first-order valence-corrected chi connectivity index (χ1v) is 8.80. The highest BCUT2D eigenvalue weighted by molar-refractivity contribution is 9.10. The highest BCUT2D eigenvalue weighted by Gasteiger charge is 2.22. The van der Waals surface area contributed by atoms with Crippen LogP contribution in [-0.2, 0) is 16.6 Å². The Morgan fingerprint density at radius 3 is 2.75 bits per heavy atom. The lowest BCUT2D eigenvalue weighted by molar-refractivity contribution is 0.559. The second kappa shape index (κ2) is 5.98.